The first-order valence-electron chi connectivity index (χ1n) is 6.99. The third-order valence-electron chi connectivity index (χ3n) is 3.50. The zero-order valence-electron chi connectivity index (χ0n) is 12.8. The average molecular weight is 328 g/mol. The van der Waals surface area contributed by atoms with Gasteiger partial charge in [0, 0.05) is 37.8 Å². The third kappa shape index (κ3) is 4.61. The van der Waals surface area contributed by atoms with E-state index in [1.165, 1.54) is 6.92 Å². The number of hydrogen-bond acceptors (Lipinski definition) is 4. The predicted octanol–water partition coefficient (Wildman–Crippen LogP) is 0.976. The van der Waals surface area contributed by atoms with E-state index in [2.05, 4.69) is 5.32 Å². The van der Waals surface area contributed by atoms with Crippen molar-refractivity contribution >= 4 is 29.9 Å². The lowest BCUT2D eigenvalue weighted by Crippen LogP contribution is -2.49. The minimum atomic E-state index is -0.173. The van der Waals surface area contributed by atoms with E-state index in [-0.39, 0.29) is 30.3 Å². The molecule has 0 spiro atoms. The lowest BCUT2D eigenvalue weighted by atomic mass is 10.1. The lowest BCUT2D eigenvalue weighted by molar-refractivity contribution is -0.120. The molecular weight excluding hydrogens is 306 g/mol. The van der Waals surface area contributed by atoms with Crippen LogP contribution in [0.1, 0.15) is 22.8 Å². The fourth-order valence-corrected chi connectivity index (χ4v) is 2.33. The third-order valence-corrected chi connectivity index (χ3v) is 3.50. The van der Waals surface area contributed by atoms with E-state index in [1.807, 2.05) is 13.0 Å². The molecule has 1 aliphatic heterocycles. The van der Waals surface area contributed by atoms with Crippen LogP contribution in [0.2, 0.25) is 0 Å². The molecule has 2 rings (SSSR count). The van der Waals surface area contributed by atoms with Gasteiger partial charge < -0.3 is 20.7 Å². The fourth-order valence-electron chi connectivity index (χ4n) is 2.33. The topological polar surface area (TPSA) is 84.7 Å². The van der Waals surface area contributed by atoms with Crippen molar-refractivity contribution in [1.82, 2.24) is 10.2 Å². The number of anilines is 1. The summed E-state index contributed by atoms with van der Waals surface area (Å²) in [7, 11) is 0. The van der Waals surface area contributed by atoms with Gasteiger partial charge in [0.25, 0.3) is 5.91 Å². The summed E-state index contributed by atoms with van der Waals surface area (Å²) in [6.45, 7) is 5.24. The maximum absolute atomic E-state index is 12.6. The highest BCUT2D eigenvalue weighted by Crippen LogP contribution is 2.17. The molecule has 0 radical (unpaired) electrons. The van der Waals surface area contributed by atoms with Gasteiger partial charge >= 0.3 is 0 Å². The molecule has 0 saturated carbocycles. The van der Waals surface area contributed by atoms with E-state index in [0.29, 0.717) is 37.5 Å². The summed E-state index contributed by atoms with van der Waals surface area (Å²) in [5.41, 5.74) is 7.86. The first-order chi connectivity index (χ1) is 9.97. The molecule has 1 atom stereocenters. The van der Waals surface area contributed by atoms with Crippen LogP contribution in [0.15, 0.2) is 18.2 Å². The van der Waals surface area contributed by atoms with Crippen molar-refractivity contribution in [3.63, 3.8) is 0 Å². The van der Waals surface area contributed by atoms with Crippen LogP contribution in [0.4, 0.5) is 5.69 Å². The number of rotatable bonds is 3. The minimum absolute atomic E-state index is 0. The number of carbonyl (C=O) groups excluding carboxylic acids is 2. The largest absolute Gasteiger partial charge is 0.399 e. The van der Waals surface area contributed by atoms with Crippen LogP contribution in [0, 0.1) is 6.92 Å². The Morgan fingerprint density at radius 2 is 2.18 bits per heavy atom. The van der Waals surface area contributed by atoms with Crippen LogP contribution in [-0.2, 0) is 9.53 Å². The van der Waals surface area contributed by atoms with Gasteiger partial charge in [-0.2, -0.15) is 0 Å². The number of nitrogens with one attached hydrogen (secondary N) is 1. The Hall–Kier alpha value is -1.79. The summed E-state index contributed by atoms with van der Waals surface area (Å²) in [5.74, 6) is -0.148. The predicted molar refractivity (Wildman–Crippen MR) is 87.2 cm³/mol. The van der Waals surface area contributed by atoms with Gasteiger partial charge in [0.1, 0.15) is 0 Å². The average Bonchev–Trinajstić information content (AvgIpc) is 2.47. The maximum Gasteiger partial charge on any atom is 0.254 e. The van der Waals surface area contributed by atoms with E-state index >= 15 is 0 Å². The molecule has 7 heteroatoms. The minimum Gasteiger partial charge on any atom is -0.399 e. The number of aryl methyl sites for hydroxylation is 1. The second-order valence-electron chi connectivity index (χ2n) is 5.26. The molecule has 3 N–H and O–H groups in total. The number of halogens is 1. The van der Waals surface area contributed by atoms with Crippen molar-refractivity contribution < 1.29 is 14.3 Å². The molecule has 1 saturated heterocycles. The number of nitrogens with zero attached hydrogens (tertiary/aromatic N) is 1. The molecule has 122 valence electrons. The molecule has 1 heterocycles. The first-order valence-corrected chi connectivity index (χ1v) is 6.99. The Morgan fingerprint density at radius 3 is 2.86 bits per heavy atom. The number of benzene rings is 1. The van der Waals surface area contributed by atoms with Crippen LogP contribution >= 0.6 is 12.4 Å². The van der Waals surface area contributed by atoms with Gasteiger partial charge in [0.05, 0.1) is 12.7 Å². The molecule has 1 fully saturated rings. The molecule has 2 amide bonds. The quantitative estimate of drug-likeness (QED) is 0.810. The Kier molecular flexibility index (Phi) is 6.64. The standard InChI is InChI=1S/C15H21N3O3.ClH/c1-10-3-4-12(16)7-14(10)15(20)18-5-6-21-13(9-18)8-17-11(2)19;/h3-4,7,13H,5-6,8-9,16H2,1-2H3,(H,17,19);1H. The van der Waals surface area contributed by atoms with Crippen molar-refractivity contribution in [1.29, 1.82) is 0 Å². The molecule has 0 aromatic heterocycles. The van der Waals surface area contributed by atoms with E-state index in [1.54, 1.807) is 17.0 Å². The Morgan fingerprint density at radius 1 is 1.45 bits per heavy atom. The molecule has 1 aromatic carbocycles. The summed E-state index contributed by atoms with van der Waals surface area (Å²) in [6, 6.07) is 5.33. The molecule has 0 aliphatic carbocycles. The molecule has 1 aliphatic rings. The molecule has 0 bridgehead atoms. The summed E-state index contributed by atoms with van der Waals surface area (Å²) >= 11 is 0. The van der Waals surface area contributed by atoms with Gasteiger partial charge in [-0.25, -0.2) is 0 Å². The normalized spacial score (nSPS) is 17.5. The number of amides is 2. The van der Waals surface area contributed by atoms with Gasteiger partial charge in [-0.3, -0.25) is 9.59 Å². The van der Waals surface area contributed by atoms with Crippen LogP contribution in [0.25, 0.3) is 0 Å². The van der Waals surface area contributed by atoms with Gasteiger partial charge in [-0.05, 0) is 24.6 Å². The van der Waals surface area contributed by atoms with Crippen molar-refractivity contribution in [2.45, 2.75) is 20.0 Å². The van der Waals surface area contributed by atoms with Crippen LogP contribution < -0.4 is 11.1 Å². The van der Waals surface area contributed by atoms with E-state index in [4.69, 9.17) is 10.5 Å². The van der Waals surface area contributed by atoms with Gasteiger partial charge in [-0.1, -0.05) is 6.07 Å². The van der Waals surface area contributed by atoms with E-state index in [0.717, 1.165) is 5.56 Å². The Labute approximate surface area is 136 Å². The maximum atomic E-state index is 12.6. The van der Waals surface area contributed by atoms with Crippen molar-refractivity contribution in [2.24, 2.45) is 0 Å². The lowest BCUT2D eigenvalue weighted by Gasteiger charge is -2.33. The SMILES string of the molecule is CC(=O)NCC1CN(C(=O)c2cc(N)ccc2C)CCO1.Cl. The zero-order chi connectivity index (χ0) is 15.4. The second kappa shape index (κ2) is 8.00. The van der Waals surface area contributed by atoms with Crippen molar-refractivity contribution in [3.8, 4) is 0 Å². The summed E-state index contributed by atoms with van der Waals surface area (Å²) in [6.07, 6.45) is -0.173. The molecule has 6 nitrogen and oxygen atoms in total. The zero-order valence-corrected chi connectivity index (χ0v) is 13.6. The fraction of sp³-hybridized carbons (Fsp3) is 0.467. The monoisotopic (exact) mass is 327 g/mol. The van der Waals surface area contributed by atoms with Crippen LogP contribution in [-0.4, -0.2) is 49.1 Å². The van der Waals surface area contributed by atoms with Crippen molar-refractivity contribution in [3.05, 3.63) is 29.3 Å². The Bertz CT molecular complexity index is 551. The highest BCUT2D eigenvalue weighted by Gasteiger charge is 2.26. The van der Waals surface area contributed by atoms with Crippen LogP contribution in [0.3, 0.4) is 0 Å². The number of hydrogen-bond donors (Lipinski definition) is 2. The first kappa shape index (κ1) is 18.3. The van der Waals surface area contributed by atoms with Gasteiger partial charge in [0.15, 0.2) is 0 Å². The summed E-state index contributed by atoms with van der Waals surface area (Å²) in [5, 5.41) is 2.71. The number of ether oxygens (including phenoxy) is 1. The smallest absolute Gasteiger partial charge is 0.254 e. The van der Waals surface area contributed by atoms with Crippen molar-refractivity contribution in [2.75, 3.05) is 32.0 Å². The van der Waals surface area contributed by atoms with E-state index < -0.39 is 0 Å². The number of nitrogen functional groups attached to an aromatic ring is 1. The highest BCUT2D eigenvalue weighted by atomic mass is 35.5. The number of nitrogens with two attached hydrogens (primary N) is 1. The summed E-state index contributed by atoms with van der Waals surface area (Å²) < 4.78 is 5.57. The molecule has 22 heavy (non-hydrogen) atoms. The van der Waals surface area contributed by atoms with E-state index in [9.17, 15) is 9.59 Å². The molecule has 1 aromatic rings. The van der Waals surface area contributed by atoms with Crippen LogP contribution in [0.5, 0.6) is 0 Å². The Balaban J connectivity index is 0.00000242. The molecule has 1 unspecified atom stereocenters. The second-order valence-corrected chi connectivity index (χ2v) is 5.26. The molecular formula is C15H22ClN3O3. The number of carbonyl (C=O) groups is 2. The highest BCUT2D eigenvalue weighted by molar-refractivity contribution is 5.96. The summed E-state index contributed by atoms with van der Waals surface area (Å²) in [4.78, 5) is 25.3. The number of morpholine rings is 1. The van der Waals surface area contributed by atoms with Gasteiger partial charge in [0.2, 0.25) is 5.91 Å². The van der Waals surface area contributed by atoms with Gasteiger partial charge in [-0.15, -0.1) is 12.4 Å².